The molecule has 1 saturated heterocycles. The van der Waals surface area contributed by atoms with Crippen molar-refractivity contribution in [2.45, 2.75) is 87.0 Å². The third-order valence-electron chi connectivity index (χ3n) is 12.4. The lowest BCUT2D eigenvalue weighted by Gasteiger charge is -2.23. The van der Waals surface area contributed by atoms with Gasteiger partial charge in [-0.15, -0.1) is 0 Å². The van der Waals surface area contributed by atoms with Crippen LogP contribution in [0.5, 0.6) is 0 Å². The maximum Gasteiger partial charge on any atom is 0.489 e. The van der Waals surface area contributed by atoms with Gasteiger partial charge in [0.25, 0.3) is 11.5 Å². The van der Waals surface area contributed by atoms with Crippen LogP contribution in [0.1, 0.15) is 75.4 Å². The standard InChI is InChI=1S/C45H59N10O21P3S2/c1-4-47-30-18-16-28-36(29-17-19-31(48-5-2)41(81(69,70)71)39(29)74-38(28)40(30)80(66,67)68)26-13-8-9-14-27(26)44(59)54(3)22-12-15-34(57)49-20-10-6-7-11-21-51-77(60,61)75-79(64,65)76-78(62,63)72-24-33-32(56)23-35(73-33)55-25-50-37-42(55)52-45(46)53-43(37)58/h8-9,13-14,16-19,25,32-33,35,47,56H,4-7,10-12,15,20-24H2,1-3H3,(H,49,57)(H,62,63)(H,64,65)(H2,51,60,61)(H,66,67,68)(H,69,70,71)(H3,46,52,53,58)/t32-,33+,35+/m0/s1. The smallest absolute Gasteiger partial charge is 0.489 e. The number of aliphatic hydroxyl groups excluding tert-OH is 1. The zero-order valence-corrected chi connectivity index (χ0v) is 47.7. The van der Waals surface area contributed by atoms with Gasteiger partial charge in [-0.1, -0.05) is 31.0 Å². The van der Waals surface area contributed by atoms with Crippen LogP contribution in [0.4, 0.5) is 11.6 Å². The first-order chi connectivity index (χ1) is 38.0. The summed E-state index contributed by atoms with van der Waals surface area (Å²) in [6, 6.07) is 11.9. The van der Waals surface area contributed by atoms with Gasteiger partial charge < -0.3 is 54.8 Å². The van der Waals surface area contributed by atoms with Crippen LogP contribution in [0, 0.1) is 0 Å². The van der Waals surface area contributed by atoms with Gasteiger partial charge in [0.05, 0.1) is 24.7 Å². The summed E-state index contributed by atoms with van der Waals surface area (Å²) in [6.45, 7) is 2.95. The molecule has 1 fully saturated rings. The summed E-state index contributed by atoms with van der Waals surface area (Å²) >= 11 is 0. The van der Waals surface area contributed by atoms with Crippen molar-refractivity contribution in [2.24, 2.45) is 0 Å². The van der Waals surface area contributed by atoms with Gasteiger partial charge in [0.1, 0.15) is 33.9 Å². The van der Waals surface area contributed by atoms with Gasteiger partial charge >= 0.3 is 33.5 Å². The van der Waals surface area contributed by atoms with E-state index in [1.54, 1.807) is 32.0 Å². The second-order valence-electron chi connectivity index (χ2n) is 18.3. The highest BCUT2D eigenvalue weighted by atomic mass is 32.2. The van der Waals surface area contributed by atoms with Gasteiger partial charge in [-0.2, -0.15) is 22.0 Å². The molecule has 0 spiro atoms. The zero-order chi connectivity index (χ0) is 59.2. The Morgan fingerprint density at radius 1 is 0.963 bits per heavy atom. The molecule has 31 nitrogen and oxygen atoms in total. The van der Waals surface area contributed by atoms with Gasteiger partial charge in [0.2, 0.25) is 22.1 Å². The van der Waals surface area contributed by atoms with Gasteiger partial charge in [-0.05, 0) is 62.9 Å². The first-order valence-corrected chi connectivity index (χ1v) is 32.2. The molecule has 0 radical (unpaired) electrons. The number of nitrogens with one attached hydrogen (secondary N) is 5. The summed E-state index contributed by atoms with van der Waals surface area (Å²) in [4.78, 5) is 82.2. The molecular weight excluding hydrogens is 1170 g/mol. The highest BCUT2D eigenvalue weighted by Gasteiger charge is 2.44. The number of amides is 2. The molecule has 3 aliphatic rings. The molecule has 1 aliphatic carbocycles. The monoisotopic (exact) mass is 1230 g/mol. The van der Waals surface area contributed by atoms with E-state index >= 15 is 0 Å². The number of H-pyrrole nitrogens is 1. The fourth-order valence-corrected chi connectivity index (χ4v) is 14.3. The van der Waals surface area contributed by atoms with Crippen LogP contribution in [0.2, 0.25) is 0 Å². The molecule has 2 aromatic carbocycles. The van der Waals surface area contributed by atoms with Gasteiger partial charge in [-0.25, -0.2) is 37.2 Å². The number of fused-ring (bicyclic) bond motifs is 3. The maximum atomic E-state index is 14.2. The molecule has 4 heterocycles. The van der Waals surface area contributed by atoms with Crippen LogP contribution in [-0.2, 0) is 56.6 Å². The Morgan fingerprint density at radius 3 is 2.37 bits per heavy atom. The summed E-state index contributed by atoms with van der Waals surface area (Å²) in [5, 5.41) is 18.1. The molecule has 2 amide bonds. The minimum absolute atomic E-state index is 0.0106. The van der Waals surface area contributed by atoms with Crippen LogP contribution in [0.3, 0.4) is 0 Å². The van der Waals surface area contributed by atoms with Crippen molar-refractivity contribution in [3.05, 3.63) is 76.1 Å². The number of phosphoric ester groups is 1. The van der Waals surface area contributed by atoms with Crippen LogP contribution in [0.25, 0.3) is 44.6 Å². The number of imidazole rings is 1. The predicted octanol–water partition coefficient (Wildman–Crippen LogP) is 1.62. The fourth-order valence-electron chi connectivity index (χ4n) is 8.93. The summed E-state index contributed by atoms with van der Waals surface area (Å²) < 4.78 is 139. The van der Waals surface area contributed by atoms with E-state index in [0.29, 0.717) is 19.3 Å². The second-order valence-corrected chi connectivity index (χ2v) is 25.7. The predicted molar refractivity (Wildman–Crippen MR) is 285 cm³/mol. The molecule has 81 heavy (non-hydrogen) atoms. The Kier molecular flexibility index (Phi) is 20.0. The quantitative estimate of drug-likeness (QED) is 0.0151. The Morgan fingerprint density at radius 2 is 1.68 bits per heavy atom. The topological polar surface area (TPSA) is 471 Å². The summed E-state index contributed by atoms with van der Waals surface area (Å²) in [6.07, 6.45) is -0.676. The van der Waals surface area contributed by atoms with Crippen molar-refractivity contribution >= 4 is 89.2 Å². The van der Waals surface area contributed by atoms with E-state index in [4.69, 9.17) is 19.4 Å². The number of nitrogens with zero attached hydrogens (tertiary/aromatic N) is 4. The van der Waals surface area contributed by atoms with E-state index < -0.39 is 101 Å². The molecular formula is C45H59N10O21P3S2. The molecule has 7 rings (SSSR count). The van der Waals surface area contributed by atoms with Gasteiger partial charge in [0.15, 0.2) is 22.5 Å². The second kappa shape index (κ2) is 25.8. The molecule has 2 aliphatic heterocycles. The Bertz CT molecular complexity index is 3820. The van der Waals surface area contributed by atoms with E-state index in [2.05, 4.69) is 39.2 Å². The lowest BCUT2D eigenvalue weighted by atomic mass is 9.90. The molecule has 4 aromatic rings. The maximum absolute atomic E-state index is 14.2. The Hall–Kier alpha value is -5.83. The number of aromatic amines is 1. The number of anilines is 2. The molecule has 6 atom stereocenters. The number of nitrogen functional groups attached to an aromatic ring is 1. The van der Waals surface area contributed by atoms with Crippen molar-refractivity contribution in [2.75, 3.05) is 57.4 Å². The molecule has 2 aromatic heterocycles. The minimum atomic E-state index is -5.75. The van der Waals surface area contributed by atoms with Crippen LogP contribution >= 0.6 is 23.4 Å². The lowest BCUT2D eigenvalue weighted by molar-refractivity contribution is -0.498. The number of aromatic nitrogens is 4. The number of hydrogen-bond donors (Lipinski definition) is 11. The van der Waals surface area contributed by atoms with Crippen molar-refractivity contribution in [3.8, 4) is 22.5 Å². The Labute approximate surface area is 461 Å². The van der Waals surface area contributed by atoms with Crippen LogP contribution < -0.4 is 37.4 Å². The summed E-state index contributed by atoms with van der Waals surface area (Å²) in [5.74, 6) is -1.58. The first-order valence-electron chi connectivity index (χ1n) is 24.8. The fraction of sp³-hybridized carbons (Fsp3) is 0.422. The lowest BCUT2D eigenvalue weighted by Crippen LogP contribution is -2.76. The largest absolute Gasteiger partial charge is 0.744 e. The number of nitrogens with two attached hydrogens (primary N) is 1. The number of aliphatic hydroxyl groups is 1. The average molecular weight is 1230 g/mol. The number of carbonyl (C=O) groups is 2. The number of benzene rings is 3. The van der Waals surface area contributed by atoms with Gasteiger partial charge in [-0.3, -0.25) is 33.0 Å². The van der Waals surface area contributed by atoms with Crippen molar-refractivity contribution < 1.29 is 96.3 Å². The normalized spacial score (nSPS) is 18.4. The van der Waals surface area contributed by atoms with Crippen LogP contribution in [0.15, 0.2) is 73.9 Å². The molecule has 0 saturated carbocycles. The van der Waals surface area contributed by atoms with E-state index in [1.165, 1.54) is 53.2 Å². The number of carbonyl (C=O) groups excluding carboxylic acids is 2. The van der Waals surface area contributed by atoms with E-state index in [1.807, 2.05) is 5.09 Å². The van der Waals surface area contributed by atoms with Crippen LogP contribution in [-0.4, -0.2) is 141 Å². The highest BCUT2D eigenvalue weighted by Crippen LogP contribution is 2.66. The third-order valence-corrected chi connectivity index (χ3v) is 18.7. The van der Waals surface area contributed by atoms with E-state index in [0.717, 1.165) is 0 Å². The molecule has 36 heteroatoms. The number of rotatable bonds is 27. The molecule has 442 valence electrons. The number of hydrogen-bond acceptors (Lipinski definition) is 21. The number of phosphoric acid groups is 2. The first kappa shape index (κ1) is 62.8. The number of unbranched alkanes of at least 4 members (excludes halogenated alkanes) is 3. The SMILES string of the molecule is CCNc1ccc2c(-c3ccccc3C(=O)N(C)CCCC(=O)NCCCCCCNP(=O)(O)OP(=O)(O)OP(=O)(O)OC[C@H]3O[C@@H](n4cnc5c(=O)[nH]c(N)nc54)C[C@@H]3O)c3ccc(=[NH+]CC)c(S(=O)(=O)O)c-3oc2c1S(=O)(=O)[O-]. The summed E-state index contributed by atoms with van der Waals surface area (Å²) in [7, 11) is -25.3. The average Bonchev–Trinajstić information content (AvgIpc) is 4.07. The van der Waals surface area contributed by atoms with Crippen molar-refractivity contribution in [1.82, 2.24) is 34.8 Å². The third kappa shape index (κ3) is 15.4. The van der Waals surface area contributed by atoms with E-state index in [-0.39, 0.29) is 120 Å². The zero-order valence-electron chi connectivity index (χ0n) is 43.4. The minimum Gasteiger partial charge on any atom is -0.744 e. The van der Waals surface area contributed by atoms with E-state index in [9.17, 15) is 73.8 Å². The molecule has 0 bridgehead atoms. The van der Waals surface area contributed by atoms with Crippen molar-refractivity contribution in [1.29, 1.82) is 0 Å². The van der Waals surface area contributed by atoms with Gasteiger partial charge in [0, 0.05) is 74.2 Å². The molecule has 3 unspecified atom stereocenters. The van der Waals surface area contributed by atoms with Crippen molar-refractivity contribution in [3.63, 3.8) is 0 Å². The highest BCUT2D eigenvalue weighted by molar-refractivity contribution is 7.86. The Balaban J connectivity index is 0.864. The summed E-state index contributed by atoms with van der Waals surface area (Å²) in [5.41, 5.74) is 4.70. The number of ether oxygens (including phenoxy) is 1. The molecule has 12 N–H and O–H groups in total.